The number of amides is 1. The van der Waals surface area contributed by atoms with Crippen LogP contribution in [0.25, 0.3) is 0 Å². The van der Waals surface area contributed by atoms with Crippen LogP contribution in [0.5, 0.6) is 0 Å². The minimum absolute atomic E-state index is 0.0435. The maximum absolute atomic E-state index is 12.4. The third kappa shape index (κ3) is 28.4. The van der Waals surface area contributed by atoms with Gasteiger partial charge in [-0.3, -0.25) is 14.4 Å². The molecule has 0 rings (SSSR count). The Labute approximate surface area is 244 Å². The van der Waals surface area contributed by atoms with Crippen LogP contribution in [-0.2, 0) is 19.1 Å². The van der Waals surface area contributed by atoms with E-state index in [1.807, 2.05) is 0 Å². The SMILES string of the molecule is CC/C=C\C/C=C\C/C=C\C/C=C\CCCCCCC(=O)OC(CCCCC)CCCCCC(=O)NCC(=O)O. The minimum Gasteiger partial charge on any atom is -0.480 e. The molecule has 0 saturated heterocycles. The van der Waals surface area contributed by atoms with Crippen molar-refractivity contribution in [3.8, 4) is 0 Å². The number of ether oxygens (including phenoxy) is 1. The molecule has 228 valence electrons. The molecule has 0 aliphatic rings. The Kier molecular flexibility index (Phi) is 27.4. The molecule has 0 aliphatic carbocycles. The second kappa shape index (κ2) is 29.4. The fourth-order valence-corrected chi connectivity index (χ4v) is 4.21. The van der Waals surface area contributed by atoms with E-state index in [0.717, 1.165) is 103 Å². The molecule has 0 aromatic heterocycles. The molecule has 1 amide bonds. The Morgan fingerprint density at radius 2 is 1.23 bits per heavy atom. The summed E-state index contributed by atoms with van der Waals surface area (Å²) < 4.78 is 5.81. The van der Waals surface area contributed by atoms with Crippen molar-refractivity contribution in [2.24, 2.45) is 0 Å². The number of aliphatic carboxylic acids is 1. The number of rotatable bonds is 27. The molecule has 1 atom stereocenters. The highest BCUT2D eigenvalue weighted by Gasteiger charge is 2.14. The molecule has 0 spiro atoms. The zero-order chi connectivity index (χ0) is 29.5. The van der Waals surface area contributed by atoms with Gasteiger partial charge in [-0.2, -0.15) is 0 Å². The summed E-state index contributed by atoms with van der Waals surface area (Å²) in [7, 11) is 0. The van der Waals surface area contributed by atoms with Crippen molar-refractivity contribution in [1.29, 1.82) is 0 Å². The number of hydrogen-bond donors (Lipinski definition) is 2. The van der Waals surface area contributed by atoms with E-state index in [2.05, 4.69) is 67.8 Å². The average Bonchev–Trinajstić information content (AvgIpc) is 2.93. The van der Waals surface area contributed by atoms with E-state index >= 15 is 0 Å². The van der Waals surface area contributed by atoms with E-state index in [4.69, 9.17) is 9.84 Å². The lowest BCUT2D eigenvalue weighted by molar-refractivity contribution is -0.150. The number of nitrogens with one attached hydrogen (secondary N) is 1. The highest BCUT2D eigenvalue weighted by atomic mass is 16.5. The summed E-state index contributed by atoms with van der Waals surface area (Å²) >= 11 is 0. The summed E-state index contributed by atoms with van der Waals surface area (Å²) in [4.78, 5) is 34.5. The second-order valence-corrected chi connectivity index (χ2v) is 10.3. The average molecular weight is 560 g/mol. The maximum Gasteiger partial charge on any atom is 0.322 e. The number of unbranched alkanes of at least 4 members (excludes halogenated alkanes) is 8. The summed E-state index contributed by atoms with van der Waals surface area (Å²) in [5.41, 5.74) is 0. The van der Waals surface area contributed by atoms with Crippen molar-refractivity contribution in [3.63, 3.8) is 0 Å². The van der Waals surface area contributed by atoms with Crippen molar-refractivity contribution < 1.29 is 24.2 Å². The molecule has 0 fully saturated rings. The summed E-state index contributed by atoms with van der Waals surface area (Å²) in [5, 5.41) is 11.0. The van der Waals surface area contributed by atoms with Crippen LogP contribution < -0.4 is 5.32 Å². The van der Waals surface area contributed by atoms with Crippen molar-refractivity contribution in [2.45, 2.75) is 142 Å². The molecule has 0 saturated carbocycles. The molecular weight excluding hydrogens is 502 g/mol. The second-order valence-electron chi connectivity index (χ2n) is 10.3. The first-order chi connectivity index (χ1) is 19.5. The number of carbonyl (C=O) groups excluding carboxylic acids is 2. The van der Waals surface area contributed by atoms with Crippen molar-refractivity contribution in [3.05, 3.63) is 48.6 Å². The zero-order valence-corrected chi connectivity index (χ0v) is 25.4. The van der Waals surface area contributed by atoms with E-state index in [1.54, 1.807) is 0 Å². The molecule has 1 unspecified atom stereocenters. The van der Waals surface area contributed by atoms with Gasteiger partial charge in [-0.25, -0.2) is 0 Å². The van der Waals surface area contributed by atoms with Crippen LogP contribution in [0, 0.1) is 0 Å². The van der Waals surface area contributed by atoms with Gasteiger partial charge in [0.05, 0.1) is 0 Å². The lowest BCUT2D eigenvalue weighted by Gasteiger charge is -2.18. The molecular formula is C34H57NO5. The van der Waals surface area contributed by atoms with Gasteiger partial charge in [0.25, 0.3) is 0 Å². The van der Waals surface area contributed by atoms with Crippen molar-refractivity contribution in [1.82, 2.24) is 5.32 Å². The first-order valence-electron chi connectivity index (χ1n) is 15.8. The summed E-state index contributed by atoms with van der Waals surface area (Å²) in [6.07, 6.45) is 35.4. The number of carbonyl (C=O) groups is 3. The number of esters is 1. The molecule has 0 radical (unpaired) electrons. The van der Waals surface area contributed by atoms with Gasteiger partial charge in [-0.15, -0.1) is 0 Å². The van der Waals surface area contributed by atoms with E-state index < -0.39 is 5.97 Å². The molecule has 2 N–H and O–H groups in total. The maximum atomic E-state index is 12.4. The van der Waals surface area contributed by atoms with Crippen LogP contribution in [0.2, 0.25) is 0 Å². The standard InChI is InChI=1S/C34H57NO5/c1-3-5-7-8-9-10-11-12-13-14-15-16-17-18-19-20-25-29-34(39)40-31(26-22-6-4-2)27-23-21-24-28-32(36)35-30-33(37)38/h5,7,9-10,12-13,15-16,31H,3-4,6,8,11,14,17-30H2,1-2H3,(H,35,36)(H,37,38)/b7-5-,10-9-,13-12-,16-15-. The highest BCUT2D eigenvalue weighted by molar-refractivity contribution is 5.80. The van der Waals surface area contributed by atoms with Gasteiger partial charge >= 0.3 is 11.9 Å². The fourth-order valence-electron chi connectivity index (χ4n) is 4.21. The third-order valence-corrected chi connectivity index (χ3v) is 6.52. The Morgan fingerprint density at radius 3 is 1.85 bits per heavy atom. The molecule has 0 aliphatic heterocycles. The molecule has 0 aromatic carbocycles. The molecule has 0 aromatic rings. The van der Waals surface area contributed by atoms with Gasteiger partial charge in [-0.1, -0.05) is 94.6 Å². The first kappa shape index (κ1) is 37.4. The number of carboxylic acids is 1. The number of hydrogen-bond acceptors (Lipinski definition) is 4. The Morgan fingerprint density at radius 1 is 0.675 bits per heavy atom. The third-order valence-electron chi connectivity index (χ3n) is 6.52. The smallest absolute Gasteiger partial charge is 0.322 e. The lowest BCUT2D eigenvalue weighted by Crippen LogP contribution is -2.28. The molecule has 0 heterocycles. The topological polar surface area (TPSA) is 92.7 Å². The van der Waals surface area contributed by atoms with Crippen LogP contribution >= 0.6 is 0 Å². The fraction of sp³-hybridized carbons (Fsp3) is 0.676. The predicted molar refractivity (Wildman–Crippen MR) is 166 cm³/mol. The normalized spacial score (nSPS) is 12.7. The van der Waals surface area contributed by atoms with Gasteiger partial charge in [0.15, 0.2) is 0 Å². The van der Waals surface area contributed by atoms with Gasteiger partial charge in [-0.05, 0) is 77.0 Å². The largest absolute Gasteiger partial charge is 0.480 e. The Bertz CT molecular complexity index is 753. The monoisotopic (exact) mass is 559 g/mol. The summed E-state index contributed by atoms with van der Waals surface area (Å²) in [5.74, 6) is -1.35. The Balaban J connectivity index is 3.92. The molecule has 6 heteroatoms. The first-order valence-corrected chi connectivity index (χ1v) is 15.8. The van der Waals surface area contributed by atoms with Crippen LogP contribution in [-0.4, -0.2) is 35.6 Å². The van der Waals surface area contributed by atoms with Gasteiger partial charge in [0.2, 0.25) is 5.91 Å². The van der Waals surface area contributed by atoms with E-state index in [9.17, 15) is 14.4 Å². The molecule has 0 bridgehead atoms. The minimum atomic E-state index is -1.04. The summed E-state index contributed by atoms with van der Waals surface area (Å²) in [6, 6.07) is 0. The number of carboxylic acid groups (broad SMARTS) is 1. The van der Waals surface area contributed by atoms with Gasteiger partial charge in [0, 0.05) is 12.8 Å². The zero-order valence-electron chi connectivity index (χ0n) is 25.4. The van der Waals surface area contributed by atoms with Gasteiger partial charge < -0.3 is 15.2 Å². The quantitative estimate of drug-likeness (QED) is 0.0596. The van der Waals surface area contributed by atoms with E-state index in [0.29, 0.717) is 19.3 Å². The predicted octanol–water partition coefficient (Wildman–Crippen LogP) is 8.78. The molecule has 40 heavy (non-hydrogen) atoms. The summed E-state index contributed by atoms with van der Waals surface area (Å²) in [6.45, 7) is 3.98. The van der Waals surface area contributed by atoms with E-state index in [1.165, 1.54) is 0 Å². The highest BCUT2D eigenvalue weighted by Crippen LogP contribution is 2.17. The van der Waals surface area contributed by atoms with E-state index in [-0.39, 0.29) is 24.5 Å². The lowest BCUT2D eigenvalue weighted by atomic mass is 10.0. The van der Waals surface area contributed by atoms with Crippen LogP contribution in [0.1, 0.15) is 136 Å². The van der Waals surface area contributed by atoms with Gasteiger partial charge in [0.1, 0.15) is 12.6 Å². The van der Waals surface area contributed by atoms with Crippen LogP contribution in [0.3, 0.4) is 0 Å². The number of allylic oxidation sites excluding steroid dienone is 8. The Hall–Kier alpha value is -2.63. The van der Waals surface area contributed by atoms with Crippen LogP contribution in [0.15, 0.2) is 48.6 Å². The van der Waals surface area contributed by atoms with Crippen molar-refractivity contribution in [2.75, 3.05) is 6.54 Å². The van der Waals surface area contributed by atoms with Crippen LogP contribution in [0.4, 0.5) is 0 Å². The molecule has 6 nitrogen and oxygen atoms in total. The van der Waals surface area contributed by atoms with Crippen molar-refractivity contribution >= 4 is 17.8 Å².